The summed E-state index contributed by atoms with van der Waals surface area (Å²) in [6.45, 7) is 3.62. The zero-order chi connectivity index (χ0) is 20.4. The third-order valence-electron chi connectivity index (χ3n) is 4.06. The number of nitro benzene ring substituents is 1. The van der Waals surface area contributed by atoms with Crippen molar-refractivity contribution in [2.45, 2.75) is 13.8 Å². The molecular weight excluding hydrogens is 386 g/mol. The van der Waals surface area contributed by atoms with E-state index < -0.39 is 16.6 Å². The Hall–Kier alpha value is -3.39. The van der Waals surface area contributed by atoms with Crippen LogP contribution in [0, 0.1) is 17.0 Å². The SMILES string of the molecule is CCOC(=O)c1cnc2c(C)cc(Cl)cc2c1Nc1cc([N+](=O)[O-])ccc1[O-]. The first-order chi connectivity index (χ1) is 13.3. The third kappa shape index (κ3) is 3.67. The Morgan fingerprint density at radius 1 is 1.32 bits per heavy atom. The molecule has 0 radical (unpaired) electrons. The first kappa shape index (κ1) is 19.4. The molecule has 0 aliphatic heterocycles. The predicted molar refractivity (Wildman–Crippen MR) is 103 cm³/mol. The van der Waals surface area contributed by atoms with Crippen molar-refractivity contribution in [2.24, 2.45) is 0 Å². The molecule has 3 aromatic rings. The van der Waals surface area contributed by atoms with E-state index in [4.69, 9.17) is 16.3 Å². The van der Waals surface area contributed by atoms with Crippen LogP contribution < -0.4 is 10.4 Å². The minimum atomic E-state index is -0.644. The summed E-state index contributed by atoms with van der Waals surface area (Å²) >= 11 is 6.17. The maximum atomic E-state index is 12.4. The van der Waals surface area contributed by atoms with Gasteiger partial charge in [0, 0.05) is 34.4 Å². The Morgan fingerprint density at radius 2 is 2.07 bits per heavy atom. The number of aromatic nitrogens is 1. The van der Waals surface area contributed by atoms with Crippen LogP contribution in [0.3, 0.4) is 0 Å². The van der Waals surface area contributed by atoms with Crippen molar-refractivity contribution < 1.29 is 19.6 Å². The fraction of sp³-hybridized carbons (Fsp3) is 0.158. The molecule has 8 nitrogen and oxygen atoms in total. The van der Waals surface area contributed by atoms with Crippen LogP contribution in [0.5, 0.6) is 5.75 Å². The summed E-state index contributed by atoms with van der Waals surface area (Å²) in [5.41, 5.74) is 1.35. The van der Waals surface area contributed by atoms with Gasteiger partial charge in [-0.05, 0) is 31.5 Å². The number of benzene rings is 2. The van der Waals surface area contributed by atoms with Crippen LogP contribution >= 0.6 is 11.6 Å². The molecule has 0 aliphatic carbocycles. The molecule has 0 saturated heterocycles. The van der Waals surface area contributed by atoms with Gasteiger partial charge in [-0.1, -0.05) is 23.4 Å². The van der Waals surface area contributed by atoms with E-state index in [0.717, 1.165) is 23.8 Å². The largest absolute Gasteiger partial charge is 0.871 e. The molecular formula is C19H15ClN3O5-. The molecule has 0 fully saturated rings. The van der Waals surface area contributed by atoms with Gasteiger partial charge in [0.2, 0.25) is 0 Å². The van der Waals surface area contributed by atoms with Crippen LogP contribution in [0.2, 0.25) is 5.02 Å². The zero-order valence-corrected chi connectivity index (χ0v) is 15.7. The number of halogens is 1. The normalized spacial score (nSPS) is 10.7. The van der Waals surface area contributed by atoms with E-state index in [1.807, 2.05) is 0 Å². The predicted octanol–water partition coefficient (Wildman–Crippen LogP) is 4.10. The van der Waals surface area contributed by atoms with Crippen molar-refractivity contribution in [3.05, 3.63) is 62.8 Å². The fourth-order valence-corrected chi connectivity index (χ4v) is 3.07. The molecule has 1 heterocycles. The van der Waals surface area contributed by atoms with E-state index >= 15 is 0 Å². The average molecular weight is 401 g/mol. The van der Waals surface area contributed by atoms with Crippen molar-refractivity contribution >= 4 is 45.5 Å². The molecule has 0 saturated carbocycles. The number of esters is 1. The standard InChI is InChI=1S/C19H16ClN3O5/c1-3-28-19(25)14-9-21-17-10(2)6-11(20)7-13(17)18(14)22-15-8-12(23(26)27)4-5-16(15)24/h4-9,24H,3H2,1-2H3,(H,21,22)/p-1. The lowest BCUT2D eigenvalue weighted by Crippen LogP contribution is -2.10. The van der Waals surface area contributed by atoms with E-state index in [1.165, 1.54) is 6.20 Å². The molecule has 0 unspecified atom stereocenters. The number of nitro groups is 1. The molecule has 0 bridgehead atoms. The van der Waals surface area contributed by atoms with Gasteiger partial charge in [-0.15, -0.1) is 0 Å². The summed E-state index contributed by atoms with van der Waals surface area (Å²) in [6, 6.07) is 6.64. The van der Waals surface area contributed by atoms with Crippen LogP contribution in [0.1, 0.15) is 22.8 Å². The summed E-state index contributed by atoms with van der Waals surface area (Å²) in [4.78, 5) is 27.2. The first-order valence-electron chi connectivity index (χ1n) is 8.30. The monoisotopic (exact) mass is 400 g/mol. The molecule has 3 rings (SSSR count). The number of anilines is 2. The van der Waals surface area contributed by atoms with Crippen molar-refractivity contribution in [3.8, 4) is 5.75 Å². The highest BCUT2D eigenvalue weighted by molar-refractivity contribution is 6.31. The second kappa shape index (κ2) is 7.69. The topological polar surface area (TPSA) is 117 Å². The Morgan fingerprint density at radius 3 is 2.75 bits per heavy atom. The van der Waals surface area contributed by atoms with E-state index in [-0.39, 0.29) is 29.2 Å². The number of aryl methyl sites for hydroxylation is 1. The first-order valence-corrected chi connectivity index (χ1v) is 8.68. The average Bonchev–Trinajstić information content (AvgIpc) is 2.63. The van der Waals surface area contributed by atoms with Crippen molar-refractivity contribution in [1.82, 2.24) is 4.98 Å². The highest BCUT2D eigenvalue weighted by Crippen LogP contribution is 2.36. The molecule has 0 atom stereocenters. The lowest BCUT2D eigenvalue weighted by molar-refractivity contribution is -0.385. The van der Waals surface area contributed by atoms with Gasteiger partial charge in [-0.25, -0.2) is 4.79 Å². The van der Waals surface area contributed by atoms with Gasteiger partial charge in [-0.3, -0.25) is 15.1 Å². The third-order valence-corrected chi connectivity index (χ3v) is 4.27. The van der Waals surface area contributed by atoms with Crippen molar-refractivity contribution in [3.63, 3.8) is 0 Å². The van der Waals surface area contributed by atoms with E-state index in [0.29, 0.717) is 15.9 Å². The maximum absolute atomic E-state index is 12.4. The zero-order valence-electron chi connectivity index (χ0n) is 15.0. The van der Waals surface area contributed by atoms with E-state index in [9.17, 15) is 20.0 Å². The number of fused-ring (bicyclic) bond motifs is 1. The number of carbonyl (C=O) groups excluding carboxylic acids is 1. The quantitative estimate of drug-likeness (QED) is 0.389. The molecule has 2 aromatic carbocycles. The molecule has 9 heteroatoms. The van der Waals surface area contributed by atoms with Crippen LogP contribution in [0.4, 0.5) is 17.1 Å². The van der Waals surface area contributed by atoms with Crippen LogP contribution in [-0.2, 0) is 4.74 Å². The Labute approximate surface area is 164 Å². The van der Waals surface area contributed by atoms with Gasteiger partial charge in [0.15, 0.2) is 0 Å². The summed E-state index contributed by atoms with van der Waals surface area (Å²) < 4.78 is 5.07. The van der Waals surface area contributed by atoms with E-state index in [1.54, 1.807) is 26.0 Å². The van der Waals surface area contributed by atoms with Crippen LogP contribution in [0.25, 0.3) is 10.9 Å². The van der Waals surface area contributed by atoms with Crippen molar-refractivity contribution in [2.75, 3.05) is 11.9 Å². The molecule has 28 heavy (non-hydrogen) atoms. The molecule has 0 amide bonds. The number of ether oxygens (including phenoxy) is 1. The highest BCUT2D eigenvalue weighted by atomic mass is 35.5. The molecule has 1 aromatic heterocycles. The van der Waals surface area contributed by atoms with Gasteiger partial charge in [0.25, 0.3) is 5.69 Å². The Bertz CT molecular complexity index is 1100. The maximum Gasteiger partial charge on any atom is 0.341 e. The number of hydrogen-bond acceptors (Lipinski definition) is 7. The number of pyridine rings is 1. The highest BCUT2D eigenvalue weighted by Gasteiger charge is 2.19. The Balaban J connectivity index is 2.25. The van der Waals surface area contributed by atoms with Crippen molar-refractivity contribution in [1.29, 1.82) is 0 Å². The number of non-ortho nitro benzene ring substituents is 1. The summed E-state index contributed by atoms with van der Waals surface area (Å²) in [5.74, 6) is -1.11. The van der Waals surface area contributed by atoms with Gasteiger partial charge in [-0.2, -0.15) is 0 Å². The Kier molecular flexibility index (Phi) is 5.32. The van der Waals surface area contributed by atoms with E-state index in [2.05, 4.69) is 10.3 Å². The molecule has 144 valence electrons. The molecule has 1 N–H and O–H groups in total. The molecule has 0 spiro atoms. The smallest absolute Gasteiger partial charge is 0.341 e. The summed E-state index contributed by atoms with van der Waals surface area (Å²) in [7, 11) is 0. The minimum absolute atomic E-state index is 0.0510. The van der Waals surface area contributed by atoms with Gasteiger partial charge in [0.1, 0.15) is 5.56 Å². The van der Waals surface area contributed by atoms with Gasteiger partial charge >= 0.3 is 5.97 Å². The van der Waals surface area contributed by atoms with Gasteiger partial charge < -0.3 is 15.2 Å². The number of nitrogens with one attached hydrogen (secondary N) is 1. The number of carbonyl (C=O) groups is 1. The minimum Gasteiger partial charge on any atom is -0.871 e. The number of rotatable bonds is 5. The fourth-order valence-electron chi connectivity index (χ4n) is 2.80. The second-order valence-electron chi connectivity index (χ2n) is 5.95. The van der Waals surface area contributed by atoms with Crippen LogP contribution in [-0.4, -0.2) is 22.5 Å². The second-order valence-corrected chi connectivity index (χ2v) is 6.39. The molecule has 0 aliphatic rings. The van der Waals surface area contributed by atoms with Gasteiger partial charge in [0.05, 0.1) is 22.7 Å². The summed E-state index contributed by atoms with van der Waals surface area (Å²) in [5, 5.41) is 27.0. The van der Waals surface area contributed by atoms with Crippen LogP contribution in [0.15, 0.2) is 36.5 Å². The summed E-state index contributed by atoms with van der Waals surface area (Å²) in [6.07, 6.45) is 1.34. The number of nitrogens with zero attached hydrogens (tertiary/aromatic N) is 2. The lowest BCUT2D eigenvalue weighted by Gasteiger charge is -2.19. The number of hydrogen-bond donors (Lipinski definition) is 1. The lowest BCUT2D eigenvalue weighted by atomic mass is 10.1.